The molecule has 8 rings (SSSR count). The van der Waals surface area contributed by atoms with Crippen molar-refractivity contribution in [3.8, 4) is 0 Å². The van der Waals surface area contributed by atoms with Gasteiger partial charge in [0.25, 0.3) is 0 Å². The Morgan fingerprint density at radius 3 is 2.66 bits per heavy atom. The fourth-order valence-electron chi connectivity index (χ4n) is 7.22. The highest BCUT2D eigenvalue weighted by Gasteiger charge is 2.78. The molecule has 0 spiro atoms. The van der Waals surface area contributed by atoms with Gasteiger partial charge in [0.1, 0.15) is 11.4 Å². The van der Waals surface area contributed by atoms with Gasteiger partial charge in [0.05, 0.1) is 30.0 Å². The first-order valence-corrected chi connectivity index (χ1v) is 13.5. The normalized spacial score (nSPS) is 30.8. The van der Waals surface area contributed by atoms with Gasteiger partial charge in [-0.1, -0.05) is 37.3 Å². The molecule has 1 aromatic carbocycles. The zero-order valence-corrected chi connectivity index (χ0v) is 22.7. The number of aromatic amines is 1. The zero-order chi connectivity index (χ0) is 26.5. The largest absolute Gasteiger partial charge is 0.390 e. The van der Waals surface area contributed by atoms with E-state index in [1.807, 2.05) is 25.3 Å². The van der Waals surface area contributed by atoms with E-state index in [1.54, 1.807) is 0 Å². The number of pyridine rings is 1. The third-order valence-corrected chi connectivity index (χ3v) is 9.57. The number of aryl methyl sites for hydroxylation is 2. The highest BCUT2D eigenvalue weighted by molar-refractivity contribution is 5.58. The van der Waals surface area contributed by atoms with Crippen LogP contribution in [-0.2, 0) is 15.8 Å². The maximum Gasteiger partial charge on any atom is 0.184 e. The first-order valence-electron chi connectivity index (χ1n) is 13.5. The molecule has 9 nitrogen and oxygen atoms in total. The molecule has 4 aromatic rings. The number of rotatable bonds is 5. The molecule has 0 radical (unpaired) electrons. The van der Waals surface area contributed by atoms with Crippen molar-refractivity contribution in [2.24, 2.45) is 5.41 Å². The van der Waals surface area contributed by atoms with Crippen LogP contribution in [0.5, 0.6) is 0 Å². The molecule has 3 aliphatic heterocycles. The van der Waals surface area contributed by atoms with Gasteiger partial charge in [-0.25, -0.2) is 14.5 Å². The van der Waals surface area contributed by atoms with Gasteiger partial charge in [-0.15, -0.1) is 5.10 Å². The number of nitrogens with one attached hydrogen (secondary N) is 1. The molecule has 4 fully saturated rings. The fourth-order valence-corrected chi connectivity index (χ4v) is 7.22. The lowest BCUT2D eigenvalue weighted by molar-refractivity contribution is -0.137. The number of benzene rings is 1. The van der Waals surface area contributed by atoms with Crippen molar-refractivity contribution in [3.05, 3.63) is 71.2 Å². The number of hydrogen-bond acceptors (Lipinski definition) is 7. The highest BCUT2D eigenvalue weighted by Crippen LogP contribution is 2.73. The summed E-state index contributed by atoms with van der Waals surface area (Å²) in [5, 5.41) is 23.6. The molecular formula is C29H35N7O2. The minimum atomic E-state index is -0.963. The summed E-state index contributed by atoms with van der Waals surface area (Å²) in [5.41, 5.74) is 2.33. The summed E-state index contributed by atoms with van der Waals surface area (Å²) in [6.07, 6.45) is 3.82. The Morgan fingerprint density at radius 1 is 1.16 bits per heavy atom. The number of aliphatic hydroxyl groups is 1. The van der Waals surface area contributed by atoms with E-state index >= 15 is 0 Å². The lowest BCUT2D eigenvalue weighted by Crippen LogP contribution is -2.61. The smallest absolute Gasteiger partial charge is 0.184 e. The highest BCUT2D eigenvalue weighted by atomic mass is 16.5. The van der Waals surface area contributed by atoms with Crippen molar-refractivity contribution in [1.29, 1.82) is 0 Å². The van der Waals surface area contributed by atoms with Crippen LogP contribution in [0.15, 0.2) is 42.6 Å². The summed E-state index contributed by atoms with van der Waals surface area (Å²) in [6.45, 7) is 12.4. The number of hydrogen-bond donors (Lipinski definition) is 2. The van der Waals surface area contributed by atoms with Gasteiger partial charge in [0.2, 0.25) is 0 Å². The number of aromatic nitrogens is 6. The van der Waals surface area contributed by atoms with Gasteiger partial charge < -0.3 is 14.7 Å². The van der Waals surface area contributed by atoms with Gasteiger partial charge in [-0.3, -0.25) is 5.10 Å². The second-order valence-corrected chi connectivity index (χ2v) is 12.5. The molecular weight excluding hydrogens is 478 g/mol. The van der Waals surface area contributed by atoms with Crippen LogP contribution in [-0.4, -0.2) is 60.2 Å². The molecule has 1 aliphatic carbocycles. The topological polar surface area (TPSA) is 104 Å². The SMILES string of the molecule is Cc1nc(C2C3(c4nc5c(C)cc(N6CC[C@](C)(c7ccccc7)C6)cn5n4)CC2(C(C)(C)O)CO3)n[nH]1. The van der Waals surface area contributed by atoms with Gasteiger partial charge in [-0.2, -0.15) is 5.10 Å². The summed E-state index contributed by atoms with van der Waals surface area (Å²) < 4.78 is 8.38. The third-order valence-electron chi connectivity index (χ3n) is 9.57. The molecule has 4 aliphatic rings. The molecule has 3 unspecified atom stereocenters. The molecule has 9 heteroatoms. The number of ether oxygens (including phenoxy) is 1. The Kier molecular flexibility index (Phi) is 4.78. The van der Waals surface area contributed by atoms with E-state index in [-0.39, 0.29) is 11.3 Å². The van der Waals surface area contributed by atoms with Gasteiger partial charge in [-0.05, 0) is 57.7 Å². The Labute approximate surface area is 222 Å². The van der Waals surface area contributed by atoms with Crippen LogP contribution in [0.3, 0.4) is 0 Å². The molecule has 4 atom stereocenters. The molecule has 3 saturated heterocycles. The van der Waals surface area contributed by atoms with Crippen LogP contribution >= 0.6 is 0 Å². The summed E-state index contributed by atoms with van der Waals surface area (Å²) in [4.78, 5) is 12.1. The number of fused-ring (bicyclic) bond motifs is 2. The van der Waals surface area contributed by atoms with Crippen molar-refractivity contribution in [1.82, 2.24) is 29.8 Å². The van der Waals surface area contributed by atoms with E-state index in [2.05, 4.69) is 76.5 Å². The molecule has 38 heavy (non-hydrogen) atoms. The Hall–Kier alpha value is -3.30. The molecule has 2 bridgehead atoms. The summed E-state index contributed by atoms with van der Waals surface area (Å²) in [5.74, 6) is 1.80. The molecule has 3 aromatic heterocycles. The predicted molar refractivity (Wildman–Crippen MR) is 143 cm³/mol. The van der Waals surface area contributed by atoms with Gasteiger partial charge >= 0.3 is 0 Å². The zero-order valence-electron chi connectivity index (χ0n) is 22.7. The van der Waals surface area contributed by atoms with Crippen molar-refractivity contribution in [3.63, 3.8) is 0 Å². The Bertz CT molecular complexity index is 1540. The molecule has 6 heterocycles. The van der Waals surface area contributed by atoms with E-state index < -0.39 is 16.6 Å². The monoisotopic (exact) mass is 513 g/mol. The Morgan fingerprint density at radius 2 is 1.95 bits per heavy atom. The minimum absolute atomic E-state index is 0.114. The maximum atomic E-state index is 11.2. The van der Waals surface area contributed by atoms with E-state index in [0.29, 0.717) is 24.7 Å². The quantitative estimate of drug-likeness (QED) is 0.418. The fraction of sp³-hybridized carbons (Fsp3) is 0.517. The van der Waals surface area contributed by atoms with E-state index in [0.717, 1.165) is 42.2 Å². The second-order valence-electron chi connectivity index (χ2n) is 12.5. The van der Waals surface area contributed by atoms with Crippen LogP contribution < -0.4 is 4.90 Å². The van der Waals surface area contributed by atoms with Gasteiger partial charge in [0, 0.05) is 23.9 Å². The third kappa shape index (κ3) is 3.12. The van der Waals surface area contributed by atoms with Crippen LogP contribution in [0.2, 0.25) is 0 Å². The average Bonchev–Trinajstić information content (AvgIpc) is 3.67. The predicted octanol–water partition coefficient (Wildman–Crippen LogP) is 3.80. The molecule has 0 amide bonds. The maximum absolute atomic E-state index is 11.2. The minimum Gasteiger partial charge on any atom is -0.390 e. The second kappa shape index (κ2) is 7.64. The van der Waals surface area contributed by atoms with Crippen LogP contribution in [0.1, 0.15) is 68.1 Å². The van der Waals surface area contributed by atoms with Crippen LogP contribution in [0, 0.1) is 19.3 Å². The van der Waals surface area contributed by atoms with Crippen LogP contribution in [0.25, 0.3) is 5.65 Å². The van der Waals surface area contributed by atoms with Crippen molar-refractivity contribution in [2.75, 3.05) is 24.6 Å². The number of H-pyrrole nitrogens is 1. The summed E-state index contributed by atoms with van der Waals surface area (Å²) in [7, 11) is 0. The first kappa shape index (κ1) is 23.8. The molecule has 1 saturated carbocycles. The summed E-state index contributed by atoms with van der Waals surface area (Å²) in [6, 6.07) is 13.0. The molecule has 198 valence electrons. The van der Waals surface area contributed by atoms with E-state index in [4.69, 9.17) is 14.8 Å². The molecule has 2 N–H and O–H groups in total. The van der Waals surface area contributed by atoms with Gasteiger partial charge in [0.15, 0.2) is 17.3 Å². The average molecular weight is 514 g/mol. The van der Waals surface area contributed by atoms with Crippen molar-refractivity contribution >= 4 is 11.3 Å². The van der Waals surface area contributed by atoms with Crippen LogP contribution in [0.4, 0.5) is 5.69 Å². The summed E-state index contributed by atoms with van der Waals surface area (Å²) >= 11 is 0. The standard InChI is InChI=1S/C29H35N7O2/c1-18-13-21(35-12-11-27(5,16-35)20-9-7-6-8-10-20)14-36-24(18)31-25(34-36)29-15-28(17-38-29,26(3,4)37)22(29)23-30-19(2)32-33-23/h6-10,13-14,22,37H,11-12,15-17H2,1-5H3,(H,30,32,33)/t22?,27-,28?,29?/m0/s1. The van der Waals surface area contributed by atoms with Crippen molar-refractivity contribution in [2.45, 2.75) is 70.0 Å². The lowest BCUT2D eigenvalue weighted by atomic mass is 9.47. The number of anilines is 1. The lowest BCUT2D eigenvalue weighted by Gasteiger charge is -2.55. The Balaban J connectivity index is 1.25. The first-order chi connectivity index (χ1) is 18.0. The number of nitrogens with zero attached hydrogens (tertiary/aromatic N) is 6. The van der Waals surface area contributed by atoms with E-state index in [9.17, 15) is 5.11 Å². The van der Waals surface area contributed by atoms with E-state index in [1.165, 1.54) is 5.56 Å². The van der Waals surface area contributed by atoms with Crippen molar-refractivity contribution < 1.29 is 9.84 Å².